The zero-order chi connectivity index (χ0) is 18.7. The second-order valence-corrected chi connectivity index (χ2v) is 5.28. The number of fused-ring (bicyclic) bond motifs is 3. The maximum atomic E-state index is 13.0. The summed E-state index contributed by atoms with van der Waals surface area (Å²) in [5.41, 5.74) is 1.59. The minimum absolute atomic E-state index is 0.308. The zero-order valence-corrected chi connectivity index (χ0v) is 14.2. The molecule has 0 N–H and O–H groups in total. The van der Waals surface area contributed by atoms with Gasteiger partial charge in [-0.1, -0.05) is 32.1 Å². The van der Waals surface area contributed by atoms with Gasteiger partial charge in [-0.3, -0.25) is 4.99 Å². The molecule has 1 aromatic carbocycles. The summed E-state index contributed by atoms with van der Waals surface area (Å²) in [5.74, 6) is 0. The van der Waals surface area contributed by atoms with Gasteiger partial charge in [0.05, 0.1) is 17.6 Å². The van der Waals surface area contributed by atoms with Crippen LogP contribution >= 0.6 is 0 Å². The lowest BCUT2D eigenvalue weighted by Crippen LogP contribution is -2.05. The molecule has 134 valence electrons. The fraction of sp³-hybridized carbons (Fsp3) is 0.222. The molecule has 0 bridgehead atoms. The first-order valence-electron chi connectivity index (χ1n) is 8.13. The highest BCUT2D eigenvalue weighted by Crippen LogP contribution is 2.33. The maximum Gasteiger partial charge on any atom is 0.416 e. The van der Waals surface area contributed by atoms with Crippen molar-refractivity contribution in [3.63, 3.8) is 0 Å². The van der Waals surface area contributed by atoms with Crippen LogP contribution in [-0.2, 0) is 6.18 Å². The normalized spacial score (nSPS) is 14.1. The van der Waals surface area contributed by atoms with E-state index in [0.717, 1.165) is 23.3 Å². The smallest absolute Gasteiger partial charge is 0.289 e. The van der Waals surface area contributed by atoms with Gasteiger partial charge < -0.3 is 0 Å². The van der Waals surface area contributed by atoms with Crippen molar-refractivity contribution in [2.45, 2.75) is 20.0 Å². The van der Waals surface area contributed by atoms with Gasteiger partial charge in [0.2, 0.25) is 0 Å². The van der Waals surface area contributed by atoms with Crippen molar-refractivity contribution in [2.24, 2.45) is 4.99 Å². The van der Waals surface area contributed by atoms with E-state index in [1.807, 2.05) is 26.0 Å². The Hall–Kier alpha value is -3.03. The molecular formula is C18H16F3N5. The number of benzene rings is 1. The number of halogens is 3. The van der Waals surface area contributed by atoms with E-state index >= 15 is 0 Å². The molecule has 3 heterocycles. The number of allylic oxidation sites excluding steroid dienone is 3. The van der Waals surface area contributed by atoms with Crippen LogP contribution in [0.5, 0.6) is 0 Å². The molecule has 0 atom stereocenters. The SMILES string of the molecule is CC.FC(F)(F)c1ccc2cc(C3=CCN=CC=C3)c3nnnn3c2c1. The number of hydrogen-bond acceptors (Lipinski definition) is 4. The van der Waals surface area contributed by atoms with Crippen molar-refractivity contribution in [3.8, 4) is 0 Å². The van der Waals surface area contributed by atoms with Crippen molar-refractivity contribution in [3.05, 3.63) is 53.6 Å². The van der Waals surface area contributed by atoms with Gasteiger partial charge >= 0.3 is 6.18 Å². The predicted octanol–water partition coefficient (Wildman–Crippen LogP) is 4.35. The summed E-state index contributed by atoms with van der Waals surface area (Å²) in [6, 6.07) is 5.34. The van der Waals surface area contributed by atoms with Gasteiger partial charge in [0.25, 0.3) is 0 Å². The third-order valence-electron chi connectivity index (χ3n) is 3.79. The Kier molecular flexibility index (Phi) is 4.83. The van der Waals surface area contributed by atoms with Crippen LogP contribution in [-0.4, -0.2) is 32.8 Å². The number of aromatic nitrogens is 4. The lowest BCUT2D eigenvalue weighted by atomic mass is 10.0. The molecule has 0 fully saturated rings. The lowest BCUT2D eigenvalue weighted by Gasteiger charge is -2.10. The van der Waals surface area contributed by atoms with E-state index in [0.29, 0.717) is 23.1 Å². The van der Waals surface area contributed by atoms with E-state index in [1.165, 1.54) is 10.6 Å². The van der Waals surface area contributed by atoms with E-state index in [9.17, 15) is 13.2 Å². The second kappa shape index (κ2) is 7.07. The first kappa shape index (κ1) is 17.8. The molecule has 0 saturated carbocycles. The molecule has 26 heavy (non-hydrogen) atoms. The molecule has 0 aliphatic carbocycles. The third-order valence-corrected chi connectivity index (χ3v) is 3.79. The fourth-order valence-corrected chi connectivity index (χ4v) is 2.66. The van der Waals surface area contributed by atoms with Crippen LogP contribution in [0.4, 0.5) is 13.2 Å². The fourth-order valence-electron chi connectivity index (χ4n) is 2.66. The molecule has 2 aromatic heterocycles. The summed E-state index contributed by atoms with van der Waals surface area (Å²) >= 11 is 0. The average molecular weight is 359 g/mol. The molecule has 3 aromatic rings. The van der Waals surface area contributed by atoms with Crippen LogP contribution in [0, 0.1) is 0 Å². The minimum atomic E-state index is -4.42. The van der Waals surface area contributed by atoms with Gasteiger partial charge in [-0.05, 0) is 40.3 Å². The number of nitrogens with zero attached hydrogens (tertiary/aromatic N) is 5. The van der Waals surface area contributed by atoms with Crippen molar-refractivity contribution < 1.29 is 13.2 Å². The molecule has 0 unspecified atom stereocenters. The van der Waals surface area contributed by atoms with Crippen molar-refractivity contribution in [1.82, 2.24) is 20.0 Å². The van der Waals surface area contributed by atoms with E-state index in [-0.39, 0.29) is 0 Å². The Morgan fingerprint density at radius 2 is 1.92 bits per heavy atom. The molecule has 0 saturated heterocycles. The maximum absolute atomic E-state index is 13.0. The van der Waals surface area contributed by atoms with Gasteiger partial charge in [0.15, 0.2) is 5.65 Å². The van der Waals surface area contributed by atoms with Crippen molar-refractivity contribution in [1.29, 1.82) is 0 Å². The van der Waals surface area contributed by atoms with E-state index < -0.39 is 11.7 Å². The molecular weight excluding hydrogens is 343 g/mol. The quantitative estimate of drug-likeness (QED) is 0.649. The predicted molar refractivity (Wildman–Crippen MR) is 95.1 cm³/mol. The molecule has 0 amide bonds. The number of alkyl halides is 3. The van der Waals surface area contributed by atoms with Crippen molar-refractivity contribution in [2.75, 3.05) is 6.54 Å². The molecule has 1 aliphatic rings. The van der Waals surface area contributed by atoms with E-state index in [2.05, 4.69) is 20.5 Å². The summed E-state index contributed by atoms with van der Waals surface area (Å²) in [5, 5.41) is 12.1. The van der Waals surface area contributed by atoms with Gasteiger partial charge in [0, 0.05) is 17.2 Å². The van der Waals surface area contributed by atoms with Crippen LogP contribution in [0.2, 0.25) is 0 Å². The summed E-state index contributed by atoms with van der Waals surface area (Å²) in [7, 11) is 0. The third kappa shape index (κ3) is 3.22. The van der Waals surface area contributed by atoms with Gasteiger partial charge in [-0.25, -0.2) is 0 Å². The molecule has 5 nitrogen and oxygen atoms in total. The van der Waals surface area contributed by atoms with Gasteiger partial charge in [0.1, 0.15) is 0 Å². The molecule has 0 spiro atoms. The van der Waals surface area contributed by atoms with Crippen LogP contribution in [0.25, 0.3) is 22.1 Å². The largest absolute Gasteiger partial charge is 0.416 e. The molecule has 0 radical (unpaired) electrons. The Morgan fingerprint density at radius 1 is 1.12 bits per heavy atom. The highest BCUT2D eigenvalue weighted by atomic mass is 19.4. The number of hydrogen-bond donors (Lipinski definition) is 0. The number of rotatable bonds is 1. The van der Waals surface area contributed by atoms with E-state index in [1.54, 1.807) is 18.4 Å². The highest BCUT2D eigenvalue weighted by Gasteiger charge is 2.31. The van der Waals surface area contributed by atoms with Crippen LogP contribution < -0.4 is 0 Å². The van der Waals surface area contributed by atoms with Gasteiger partial charge in [-0.2, -0.15) is 17.7 Å². The molecule has 1 aliphatic heterocycles. The first-order valence-corrected chi connectivity index (χ1v) is 8.13. The Morgan fingerprint density at radius 3 is 2.69 bits per heavy atom. The number of aliphatic imine (C=N–C) groups is 1. The second-order valence-electron chi connectivity index (χ2n) is 5.28. The van der Waals surface area contributed by atoms with E-state index in [4.69, 9.17) is 0 Å². The summed E-state index contributed by atoms with van der Waals surface area (Å²) < 4.78 is 40.2. The number of pyridine rings is 1. The molecule has 4 rings (SSSR count). The zero-order valence-electron chi connectivity index (χ0n) is 14.2. The highest BCUT2D eigenvalue weighted by molar-refractivity contribution is 5.93. The summed E-state index contributed by atoms with van der Waals surface area (Å²) in [6.07, 6.45) is 2.86. The first-order chi connectivity index (χ1) is 12.5. The Bertz CT molecular complexity index is 1030. The van der Waals surface area contributed by atoms with Gasteiger partial charge in [-0.15, -0.1) is 5.10 Å². The lowest BCUT2D eigenvalue weighted by molar-refractivity contribution is -0.137. The molecule has 8 heteroatoms. The van der Waals surface area contributed by atoms with Crippen LogP contribution in [0.15, 0.2) is 47.5 Å². The number of tetrazole rings is 1. The minimum Gasteiger partial charge on any atom is -0.289 e. The van der Waals surface area contributed by atoms with Crippen LogP contribution in [0.1, 0.15) is 25.0 Å². The Labute approximate surface area is 147 Å². The Balaban J connectivity index is 0.000000948. The van der Waals surface area contributed by atoms with Crippen LogP contribution in [0.3, 0.4) is 0 Å². The monoisotopic (exact) mass is 359 g/mol. The van der Waals surface area contributed by atoms with Crippen molar-refractivity contribution >= 4 is 28.3 Å². The summed E-state index contributed by atoms with van der Waals surface area (Å²) in [6.45, 7) is 4.51. The topological polar surface area (TPSA) is 55.4 Å². The summed E-state index contributed by atoms with van der Waals surface area (Å²) in [4.78, 5) is 4.14. The standard InChI is InChI=1S/C16H10F3N5.C2H6/c17-16(18,19)12-4-3-11-8-13(10-2-1-6-20-7-5-10)15-21-22-23-24(15)14(11)9-12;1-2/h1-6,8-9H,7H2;1-2H3. The average Bonchev–Trinajstić information content (AvgIpc) is 2.97.